The summed E-state index contributed by atoms with van der Waals surface area (Å²) in [6, 6.07) is 12.8. The number of benzene rings is 2. The molecule has 0 aliphatic carbocycles. The maximum Gasteiger partial charge on any atom is 0.329 e. The van der Waals surface area contributed by atoms with E-state index < -0.39 is 11.8 Å². The molecule has 0 saturated carbocycles. The van der Waals surface area contributed by atoms with Crippen molar-refractivity contribution in [3.8, 4) is 5.75 Å². The van der Waals surface area contributed by atoms with Gasteiger partial charge in [-0.1, -0.05) is 24.3 Å². The molecule has 0 unspecified atom stereocenters. The molecule has 0 saturated heterocycles. The third-order valence-electron chi connectivity index (χ3n) is 3.36. The van der Waals surface area contributed by atoms with E-state index in [0.717, 1.165) is 11.1 Å². The van der Waals surface area contributed by atoms with Crippen molar-refractivity contribution >= 4 is 23.7 Å². The van der Waals surface area contributed by atoms with Crippen molar-refractivity contribution in [1.29, 1.82) is 0 Å². The molecule has 0 aliphatic rings. The minimum absolute atomic E-state index is 0.601. The second-order valence-electron chi connectivity index (χ2n) is 5.21. The highest BCUT2D eigenvalue weighted by atomic mass is 16.5. The van der Waals surface area contributed by atoms with Gasteiger partial charge in [0.25, 0.3) is 0 Å². The van der Waals surface area contributed by atoms with Gasteiger partial charge in [0.15, 0.2) is 0 Å². The Labute approximate surface area is 140 Å². The first-order valence-electron chi connectivity index (χ1n) is 7.36. The molecule has 0 fully saturated rings. The molecule has 0 atom stereocenters. The Morgan fingerprint density at radius 3 is 2.58 bits per heavy atom. The fraction of sp³-hybridized carbons (Fsp3) is 0.167. The molecule has 2 aromatic carbocycles. The molecule has 0 spiro atoms. The predicted molar refractivity (Wildman–Crippen MR) is 93.3 cm³/mol. The van der Waals surface area contributed by atoms with Gasteiger partial charge < -0.3 is 10.1 Å². The SMILES string of the molecule is COc1ccccc1/C=N\NC(=O)C(=O)Nc1cc(C)ccc1C. The van der Waals surface area contributed by atoms with Crippen LogP contribution in [0, 0.1) is 13.8 Å². The summed E-state index contributed by atoms with van der Waals surface area (Å²) in [7, 11) is 1.54. The number of methoxy groups -OCH3 is 1. The van der Waals surface area contributed by atoms with Crippen LogP contribution in [0.15, 0.2) is 47.6 Å². The molecule has 24 heavy (non-hydrogen) atoms. The quantitative estimate of drug-likeness (QED) is 0.515. The number of hydrogen-bond donors (Lipinski definition) is 2. The van der Waals surface area contributed by atoms with Gasteiger partial charge in [-0.15, -0.1) is 0 Å². The number of carbonyl (C=O) groups excluding carboxylic acids is 2. The van der Waals surface area contributed by atoms with Gasteiger partial charge >= 0.3 is 11.8 Å². The van der Waals surface area contributed by atoms with E-state index in [1.54, 1.807) is 25.3 Å². The normalized spacial score (nSPS) is 10.5. The topological polar surface area (TPSA) is 79.8 Å². The Morgan fingerprint density at radius 2 is 1.83 bits per heavy atom. The van der Waals surface area contributed by atoms with Crippen molar-refractivity contribution in [3.63, 3.8) is 0 Å². The van der Waals surface area contributed by atoms with Crippen molar-refractivity contribution in [1.82, 2.24) is 5.43 Å². The molecular formula is C18H19N3O3. The zero-order valence-corrected chi connectivity index (χ0v) is 13.8. The number of hydrogen-bond acceptors (Lipinski definition) is 4. The number of aryl methyl sites for hydroxylation is 2. The summed E-state index contributed by atoms with van der Waals surface area (Å²) in [5.74, 6) is -1.00. The second kappa shape index (κ2) is 7.92. The van der Waals surface area contributed by atoms with Crippen LogP contribution in [0.25, 0.3) is 0 Å². The zero-order chi connectivity index (χ0) is 17.5. The molecule has 6 nitrogen and oxygen atoms in total. The molecule has 0 heterocycles. The van der Waals surface area contributed by atoms with E-state index >= 15 is 0 Å². The Morgan fingerprint density at radius 1 is 1.08 bits per heavy atom. The summed E-state index contributed by atoms with van der Waals surface area (Å²) in [5.41, 5.74) is 5.36. The molecule has 124 valence electrons. The highest BCUT2D eigenvalue weighted by Crippen LogP contribution is 2.16. The average molecular weight is 325 g/mol. The largest absolute Gasteiger partial charge is 0.496 e. The smallest absolute Gasteiger partial charge is 0.329 e. The van der Waals surface area contributed by atoms with Gasteiger partial charge in [0.05, 0.1) is 13.3 Å². The van der Waals surface area contributed by atoms with Gasteiger partial charge in [0.1, 0.15) is 5.75 Å². The highest BCUT2D eigenvalue weighted by molar-refractivity contribution is 6.39. The van der Waals surface area contributed by atoms with Crippen LogP contribution in [-0.4, -0.2) is 25.1 Å². The van der Waals surface area contributed by atoms with E-state index in [9.17, 15) is 9.59 Å². The second-order valence-corrected chi connectivity index (χ2v) is 5.21. The van der Waals surface area contributed by atoms with Gasteiger partial charge in [0, 0.05) is 11.3 Å². The minimum Gasteiger partial charge on any atom is -0.496 e. The average Bonchev–Trinajstić information content (AvgIpc) is 2.58. The lowest BCUT2D eigenvalue weighted by Gasteiger charge is -2.08. The van der Waals surface area contributed by atoms with E-state index in [1.807, 2.05) is 38.1 Å². The van der Waals surface area contributed by atoms with Crippen molar-refractivity contribution in [2.75, 3.05) is 12.4 Å². The van der Waals surface area contributed by atoms with Gasteiger partial charge in [-0.05, 0) is 43.2 Å². The number of nitrogens with one attached hydrogen (secondary N) is 2. The number of anilines is 1. The maximum absolute atomic E-state index is 11.9. The summed E-state index contributed by atoms with van der Waals surface area (Å²) in [6.07, 6.45) is 1.42. The standard InChI is InChI=1S/C18H19N3O3/c1-12-8-9-13(2)15(10-12)20-17(22)18(23)21-19-11-14-6-4-5-7-16(14)24-3/h4-11H,1-3H3,(H,20,22)(H,21,23)/b19-11-. The van der Waals surface area contributed by atoms with E-state index in [2.05, 4.69) is 15.8 Å². The van der Waals surface area contributed by atoms with Crippen LogP contribution in [-0.2, 0) is 9.59 Å². The minimum atomic E-state index is -0.845. The van der Waals surface area contributed by atoms with E-state index in [-0.39, 0.29) is 0 Å². The zero-order valence-electron chi connectivity index (χ0n) is 13.8. The van der Waals surface area contributed by atoms with E-state index in [1.165, 1.54) is 6.21 Å². The number of ether oxygens (including phenoxy) is 1. The van der Waals surface area contributed by atoms with Crippen molar-refractivity contribution < 1.29 is 14.3 Å². The molecule has 0 radical (unpaired) electrons. The van der Waals surface area contributed by atoms with Crippen molar-refractivity contribution in [2.24, 2.45) is 5.10 Å². The first-order chi connectivity index (χ1) is 11.5. The van der Waals surface area contributed by atoms with Crippen LogP contribution in [0.5, 0.6) is 5.75 Å². The Kier molecular flexibility index (Phi) is 5.68. The number of carbonyl (C=O) groups is 2. The Bertz CT molecular complexity index is 785. The molecule has 0 aliphatic heterocycles. The Balaban J connectivity index is 1.98. The highest BCUT2D eigenvalue weighted by Gasteiger charge is 2.14. The third-order valence-corrected chi connectivity index (χ3v) is 3.36. The van der Waals surface area contributed by atoms with Gasteiger partial charge in [-0.3, -0.25) is 9.59 Å². The van der Waals surface area contributed by atoms with Crippen molar-refractivity contribution in [2.45, 2.75) is 13.8 Å². The molecule has 0 aromatic heterocycles. The van der Waals surface area contributed by atoms with Crippen LogP contribution in [0.1, 0.15) is 16.7 Å². The molecule has 2 N–H and O–H groups in total. The number of amides is 2. The molecule has 2 aromatic rings. The molecule has 0 bridgehead atoms. The predicted octanol–water partition coefficient (Wildman–Crippen LogP) is 2.40. The number of hydrazone groups is 1. The maximum atomic E-state index is 11.9. The molecule has 2 amide bonds. The molecular weight excluding hydrogens is 306 g/mol. The first kappa shape index (κ1) is 17.2. The fourth-order valence-corrected chi connectivity index (χ4v) is 2.03. The van der Waals surface area contributed by atoms with Gasteiger partial charge in [0.2, 0.25) is 0 Å². The van der Waals surface area contributed by atoms with Crippen LogP contribution in [0.2, 0.25) is 0 Å². The lowest BCUT2D eigenvalue weighted by Crippen LogP contribution is -2.32. The summed E-state index contributed by atoms with van der Waals surface area (Å²) in [5, 5.41) is 6.36. The number of nitrogens with zero attached hydrogens (tertiary/aromatic N) is 1. The lowest BCUT2D eigenvalue weighted by molar-refractivity contribution is -0.136. The fourth-order valence-electron chi connectivity index (χ4n) is 2.03. The van der Waals surface area contributed by atoms with Crippen LogP contribution >= 0.6 is 0 Å². The summed E-state index contributed by atoms with van der Waals surface area (Å²) in [6.45, 7) is 3.76. The monoisotopic (exact) mass is 325 g/mol. The van der Waals surface area contributed by atoms with Gasteiger partial charge in [-0.2, -0.15) is 5.10 Å². The summed E-state index contributed by atoms with van der Waals surface area (Å²) >= 11 is 0. The summed E-state index contributed by atoms with van der Waals surface area (Å²) < 4.78 is 5.17. The molecule has 6 heteroatoms. The third kappa shape index (κ3) is 4.42. The lowest BCUT2D eigenvalue weighted by atomic mass is 10.1. The number of para-hydroxylation sites is 1. The Hall–Kier alpha value is -3.15. The molecule has 2 rings (SSSR count). The van der Waals surface area contributed by atoms with Crippen LogP contribution in [0.3, 0.4) is 0 Å². The van der Waals surface area contributed by atoms with E-state index in [0.29, 0.717) is 17.0 Å². The van der Waals surface area contributed by atoms with Crippen LogP contribution < -0.4 is 15.5 Å². The number of rotatable bonds is 4. The van der Waals surface area contributed by atoms with Gasteiger partial charge in [-0.25, -0.2) is 5.43 Å². The summed E-state index contributed by atoms with van der Waals surface area (Å²) in [4.78, 5) is 23.7. The van der Waals surface area contributed by atoms with E-state index in [4.69, 9.17) is 4.74 Å². The first-order valence-corrected chi connectivity index (χ1v) is 7.36. The van der Waals surface area contributed by atoms with Crippen LogP contribution in [0.4, 0.5) is 5.69 Å². The van der Waals surface area contributed by atoms with Crippen molar-refractivity contribution in [3.05, 3.63) is 59.2 Å².